The Balaban J connectivity index is 1.94. The van der Waals surface area contributed by atoms with Gasteiger partial charge in [0.25, 0.3) is 0 Å². The lowest BCUT2D eigenvalue weighted by Gasteiger charge is -2.33. The third kappa shape index (κ3) is 2.77. The fraction of sp³-hybridized carbons (Fsp3) is 0.625. The number of nitrogens with zero attached hydrogens (tertiary/aromatic N) is 3. The topological polar surface area (TPSA) is 41.0 Å². The lowest BCUT2D eigenvalue weighted by Crippen LogP contribution is -2.37. The highest BCUT2D eigenvalue weighted by atomic mass is 32.1. The normalized spacial score (nSPS) is 16.9. The number of aromatic nitrogens is 2. The lowest BCUT2D eigenvalue weighted by atomic mass is 9.96. The average molecular weight is 304 g/mol. The van der Waals surface area contributed by atoms with Crippen molar-refractivity contribution in [3.63, 3.8) is 0 Å². The van der Waals surface area contributed by atoms with Crippen LogP contribution in [0.15, 0.2) is 0 Å². The van der Waals surface area contributed by atoms with E-state index in [4.69, 9.17) is 4.98 Å². The molecule has 1 aliphatic heterocycles. The van der Waals surface area contributed by atoms with Crippen molar-refractivity contribution in [2.75, 3.05) is 31.6 Å². The third-order valence-electron chi connectivity index (χ3n) is 4.53. The highest BCUT2D eigenvalue weighted by molar-refractivity contribution is 7.18. The average Bonchev–Trinajstić information content (AvgIpc) is 2.74. The first-order valence-corrected chi connectivity index (χ1v) is 8.55. The zero-order chi connectivity index (χ0) is 15.0. The van der Waals surface area contributed by atoms with E-state index in [1.165, 1.54) is 28.7 Å². The summed E-state index contributed by atoms with van der Waals surface area (Å²) >= 11 is 1.79. The van der Waals surface area contributed by atoms with E-state index < -0.39 is 0 Å². The molecular formula is C16H24N4S. The van der Waals surface area contributed by atoms with Crippen LogP contribution in [0.4, 0.5) is 5.82 Å². The summed E-state index contributed by atoms with van der Waals surface area (Å²) in [5.41, 5.74) is 1.35. The first-order chi connectivity index (χ1) is 10.1. The van der Waals surface area contributed by atoms with Gasteiger partial charge in [-0.2, -0.15) is 0 Å². The van der Waals surface area contributed by atoms with Gasteiger partial charge in [0.15, 0.2) is 0 Å². The van der Waals surface area contributed by atoms with Gasteiger partial charge in [-0.1, -0.05) is 0 Å². The van der Waals surface area contributed by atoms with Gasteiger partial charge in [0.1, 0.15) is 16.5 Å². The molecule has 0 saturated carbocycles. The number of nitrogens with one attached hydrogen (secondary N) is 1. The summed E-state index contributed by atoms with van der Waals surface area (Å²) < 4.78 is 0. The van der Waals surface area contributed by atoms with Crippen LogP contribution < -0.4 is 10.2 Å². The summed E-state index contributed by atoms with van der Waals surface area (Å²) in [7, 11) is 2.04. The van der Waals surface area contributed by atoms with Crippen LogP contribution in [-0.2, 0) is 0 Å². The molecule has 1 fully saturated rings. The van der Waals surface area contributed by atoms with Crippen molar-refractivity contribution in [1.29, 1.82) is 0 Å². The van der Waals surface area contributed by atoms with E-state index in [9.17, 15) is 0 Å². The Labute approximate surface area is 130 Å². The number of piperidine rings is 1. The standard InChI is InChI=1S/C16H24N4S/c1-10-11(2)21-16-14(10)15(18-12(3)19-16)20-7-5-13(6-8-20)9-17-4/h13,17H,5-9H2,1-4H3. The summed E-state index contributed by atoms with van der Waals surface area (Å²) in [4.78, 5) is 14.4. The van der Waals surface area contributed by atoms with E-state index in [0.29, 0.717) is 0 Å². The Bertz CT molecular complexity index is 641. The molecule has 4 nitrogen and oxygen atoms in total. The van der Waals surface area contributed by atoms with Crippen molar-refractivity contribution in [3.05, 3.63) is 16.3 Å². The summed E-state index contributed by atoms with van der Waals surface area (Å²) in [6, 6.07) is 0. The molecule has 1 N–H and O–H groups in total. The first kappa shape index (κ1) is 14.7. The molecule has 1 aliphatic rings. The van der Waals surface area contributed by atoms with Crippen LogP contribution in [-0.4, -0.2) is 36.6 Å². The third-order valence-corrected chi connectivity index (χ3v) is 5.63. The second kappa shape index (κ2) is 5.89. The zero-order valence-electron chi connectivity index (χ0n) is 13.4. The van der Waals surface area contributed by atoms with Crippen LogP contribution in [0.25, 0.3) is 10.2 Å². The van der Waals surface area contributed by atoms with E-state index in [2.05, 4.69) is 29.0 Å². The first-order valence-electron chi connectivity index (χ1n) is 7.74. The molecule has 2 aromatic rings. The fourth-order valence-corrected chi connectivity index (χ4v) is 4.27. The van der Waals surface area contributed by atoms with Gasteiger partial charge >= 0.3 is 0 Å². The molecule has 0 amide bonds. The van der Waals surface area contributed by atoms with Crippen molar-refractivity contribution in [2.45, 2.75) is 33.6 Å². The molecule has 0 unspecified atom stereocenters. The Morgan fingerprint density at radius 3 is 2.57 bits per heavy atom. The number of hydrogen-bond donors (Lipinski definition) is 1. The molecule has 2 aromatic heterocycles. The zero-order valence-corrected chi connectivity index (χ0v) is 14.2. The van der Waals surface area contributed by atoms with Crippen molar-refractivity contribution in [1.82, 2.24) is 15.3 Å². The Kier molecular flexibility index (Phi) is 4.13. The van der Waals surface area contributed by atoms with Gasteiger partial charge in [-0.15, -0.1) is 11.3 Å². The van der Waals surface area contributed by atoms with Crippen LogP contribution in [0.1, 0.15) is 29.1 Å². The van der Waals surface area contributed by atoms with E-state index >= 15 is 0 Å². The Hall–Kier alpha value is -1.20. The van der Waals surface area contributed by atoms with E-state index in [-0.39, 0.29) is 0 Å². The van der Waals surface area contributed by atoms with E-state index in [1.54, 1.807) is 11.3 Å². The Morgan fingerprint density at radius 2 is 1.90 bits per heavy atom. The van der Waals surface area contributed by atoms with Gasteiger partial charge in [0.05, 0.1) is 5.39 Å². The van der Waals surface area contributed by atoms with Crippen LogP contribution in [0.3, 0.4) is 0 Å². The molecule has 0 radical (unpaired) electrons. The maximum Gasteiger partial charge on any atom is 0.141 e. The quantitative estimate of drug-likeness (QED) is 0.946. The number of anilines is 1. The van der Waals surface area contributed by atoms with E-state index in [1.807, 2.05) is 14.0 Å². The SMILES string of the molecule is CNCC1CCN(c2nc(C)nc3sc(C)c(C)c23)CC1. The number of rotatable bonds is 3. The molecule has 0 atom stereocenters. The summed E-state index contributed by atoms with van der Waals surface area (Å²) in [6.07, 6.45) is 2.49. The molecule has 0 bridgehead atoms. The predicted octanol–water partition coefficient (Wildman–Crippen LogP) is 3.05. The van der Waals surface area contributed by atoms with Crippen LogP contribution in [0, 0.1) is 26.7 Å². The lowest BCUT2D eigenvalue weighted by molar-refractivity contribution is 0.392. The fourth-order valence-electron chi connectivity index (χ4n) is 3.20. The molecule has 0 spiro atoms. The highest BCUT2D eigenvalue weighted by Crippen LogP contribution is 2.36. The number of hydrogen-bond acceptors (Lipinski definition) is 5. The summed E-state index contributed by atoms with van der Waals surface area (Å²) in [5, 5.41) is 4.57. The molecule has 3 heterocycles. The second-order valence-electron chi connectivity index (χ2n) is 6.05. The molecule has 3 rings (SSSR count). The smallest absolute Gasteiger partial charge is 0.141 e. The van der Waals surface area contributed by atoms with Gasteiger partial charge in [0, 0.05) is 18.0 Å². The molecule has 0 aromatic carbocycles. The summed E-state index contributed by atoms with van der Waals surface area (Å²) in [5.74, 6) is 2.84. The van der Waals surface area contributed by atoms with E-state index in [0.717, 1.165) is 42.0 Å². The van der Waals surface area contributed by atoms with Gasteiger partial charge < -0.3 is 10.2 Å². The molecule has 1 saturated heterocycles. The molecule has 21 heavy (non-hydrogen) atoms. The van der Waals surface area contributed by atoms with Crippen molar-refractivity contribution in [2.24, 2.45) is 5.92 Å². The van der Waals surface area contributed by atoms with Crippen molar-refractivity contribution < 1.29 is 0 Å². The summed E-state index contributed by atoms with van der Waals surface area (Å²) in [6.45, 7) is 9.71. The van der Waals surface area contributed by atoms with Crippen LogP contribution in [0.2, 0.25) is 0 Å². The molecular weight excluding hydrogens is 280 g/mol. The van der Waals surface area contributed by atoms with Crippen LogP contribution in [0.5, 0.6) is 0 Å². The van der Waals surface area contributed by atoms with Crippen molar-refractivity contribution >= 4 is 27.4 Å². The predicted molar refractivity (Wildman–Crippen MR) is 90.5 cm³/mol. The van der Waals surface area contributed by atoms with Gasteiger partial charge in [-0.3, -0.25) is 0 Å². The van der Waals surface area contributed by atoms with Gasteiger partial charge in [0.2, 0.25) is 0 Å². The molecule has 5 heteroatoms. The Morgan fingerprint density at radius 1 is 1.19 bits per heavy atom. The number of thiophene rings is 1. The minimum absolute atomic E-state index is 0.801. The highest BCUT2D eigenvalue weighted by Gasteiger charge is 2.23. The second-order valence-corrected chi connectivity index (χ2v) is 7.25. The maximum absolute atomic E-state index is 4.78. The number of aryl methyl sites for hydroxylation is 3. The molecule has 0 aliphatic carbocycles. The van der Waals surface area contributed by atoms with Gasteiger partial charge in [-0.05, 0) is 58.7 Å². The largest absolute Gasteiger partial charge is 0.356 e. The minimum atomic E-state index is 0.801. The maximum atomic E-state index is 4.78. The van der Waals surface area contributed by atoms with Crippen LogP contribution >= 0.6 is 11.3 Å². The van der Waals surface area contributed by atoms with Crippen molar-refractivity contribution in [3.8, 4) is 0 Å². The van der Waals surface area contributed by atoms with Gasteiger partial charge in [-0.25, -0.2) is 9.97 Å². The monoisotopic (exact) mass is 304 g/mol. The molecule has 114 valence electrons. The number of fused-ring (bicyclic) bond motifs is 1. The minimum Gasteiger partial charge on any atom is -0.356 e.